The number of carbonyl (C=O) groups is 1. The van der Waals surface area contributed by atoms with Gasteiger partial charge >= 0.3 is 5.97 Å². The second-order valence-electron chi connectivity index (χ2n) is 4.72. The predicted molar refractivity (Wildman–Crippen MR) is 74.9 cm³/mol. The Balaban J connectivity index is 1.95. The zero-order chi connectivity index (χ0) is 13.2. The van der Waals surface area contributed by atoms with Crippen LogP contribution in [-0.4, -0.2) is 18.8 Å². The monoisotopic (exact) mass is 285 g/mol. The zero-order valence-electron chi connectivity index (χ0n) is 10.2. The van der Waals surface area contributed by atoms with Gasteiger partial charge in [0, 0.05) is 21.4 Å². The quantitative estimate of drug-likeness (QED) is 0.512. The number of halogens is 1. The normalized spacial score (nSPS) is 16.3. The molecule has 1 aromatic carbocycles. The predicted octanol–water partition coefficient (Wildman–Crippen LogP) is 3.36. The molecular formula is C13H16ClNO2S. The van der Waals surface area contributed by atoms with Gasteiger partial charge in [0.15, 0.2) is 0 Å². The fourth-order valence-electron chi connectivity index (χ4n) is 1.79. The van der Waals surface area contributed by atoms with Crippen molar-refractivity contribution in [3.05, 3.63) is 23.2 Å². The van der Waals surface area contributed by atoms with Crippen LogP contribution in [0.5, 0.6) is 0 Å². The standard InChI is InChI=1S/C13H16ClNO2S/c1-17-12(16)7-13(4-5-13)8-18-11-6-9(14)2-3-10(11)15/h2-3,6H,4-5,7-8,15H2,1H3. The Hall–Kier alpha value is -0.870. The molecule has 98 valence electrons. The molecular weight excluding hydrogens is 270 g/mol. The summed E-state index contributed by atoms with van der Waals surface area (Å²) in [5, 5.41) is 0.685. The van der Waals surface area contributed by atoms with E-state index in [1.54, 1.807) is 17.8 Å². The number of benzene rings is 1. The summed E-state index contributed by atoms with van der Waals surface area (Å²) in [5.74, 6) is 0.749. The van der Waals surface area contributed by atoms with Crippen LogP contribution in [-0.2, 0) is 9.53 Å². The van der Waals surface area contributed by atoms with Crippen LogP contribution in [0.15, 0.2) is 23.1 Å². The Morgan fingerprint density at radius 3 is 2.89 bits per heavy atom. The molecule has 0 bridgehead atoms. The summed E-state index contributed by atoms with van der Waals surface area (Å²) >= 11 is 7.61. The van der Waals surface area contributed by atoms with Gasteiger partial charge in [-0.2, -0.15) is 0 Å². The number of nitrogens with two attached hydrogens (primary N) is 1. The van der Waals surface area contributed by atoms with Crippen molar-refractivity contribution in [1.82, 2.24) is 0 Å². The van der Waals surface area contributed by atoms with Crippen LogP contribution in [0.25, 0.3) is 0 Å². The molecule has 1 aliphatic rings. The lowest BCUT2D eigenvalue weighted by Gasteiger charge is -2.14. The Kier molecular flexibility index (Phi) is 4.07. The van der Waals surface area contributed by atoms with Crippen molar-refractivity contribution in [2.24, 2.45) is 5.41 Å². The molecule has 0 saturated heterocycles. The van der Waals surface area contributed by atoms with Crippen molar-refractivity contribution >= 4 is 35.0 Å². The number of rotatable bonds is 5. The van der Waals surface area contributed by atoms with E-state index in [-0.39, 0.29) is 11.4 Å². The maximum absolute atomic E-state index is 11.3. The van der Waals surface area contributed by atoms with E-state index in [1.165, 1.54) is 7.11 Å². The molecule has 0 aliphatic heterocycles. The van der Waals surface area contributed by atoms with Crippen LogP contribution >= 0.6 is 23.4 Å². The maximum Gasteiger partial charge on any atom is 0.306 e. The lowest BCUT2D eigenvalue weighted by atomic mass is 10.1. The molecule has 0 spiro atoms. The number of methoxy groups -OCH3 is 1. The van der Waals surface area contributed by atoms with Gasteiger partial charge in [0.2, 0.25) is 0 Å². The van der Waals surface area contributed by atoms with E-state index in [0.717, 1.165) is 29.2 Å². The molecule has 1 saturated carbocycles. The lowest BCUT2D eigenvalue weighted by molar-refractivity contribution is -0.141. The second kappa shape index (κ2) is 5.41. The van der Waals surface area contributed by atoms with E-state index >= 15 is 0 Å². The molecule has 1 aromatic rings. The molecule has 18 heavy (non-hydrogen) atoms. The highest BCUT2D eigenvalue weighted by molar-refractivity contribution is 7.99. The summed E-state index contributed by atoms with van der Waals surface area (Å²) in [6, 6.07) is 5.46. The highest BCUT2D eigenvalue weighted by Gasteiger charge is 2.44. The third-order valence-corrected chi connectivity index (χ3v) is 4.87. The van der Waals surface area contributed by atoms with E-state index in [0.29, 0.717) is 11.4 Å². The van der Waals surface area contributed by atoms with Crippen molar-refractivity contribution < 1.29 is 9.53 Å². The van der Waals surface area contributed by atoms with E-state index in [9.17, 15) is 4.79 Å². The second-order valence-corrected chi connectivity index (χ2v) is 6.18. The summed E-state index contributed by atoms with van der Waals surface area (Å²) in [5.41, 5.74) is 6.73. The molecule has 0 unspecified atom stereocenters. The number of carbonyl (C=O) groups excluding carboxylic acids is 1. The van der Waals surface area contributed by atoms with Crippen molar-refractivity contribution in [3.8, 4) is 0 Å². The van der Waals surface area contributed by atoms with Gasteiger partial charge < -0.3 is 10.5 Å². The van der Waals surface area contributed by atoms with Gasteiger partial charge in [-0.15, -0.1) is 11.8 Å². The number of thioether (sulfide) groups is 1. The third-order valence-electron chi connectivity index (χ3n) is 3.21. The fourth-order valence-corrected chi connectivity index (χ4v) is 3.33. The average molecular weight is 286 g/mol. The van der Waals surface area contributed by atoms with Crippen LogP contribution in [0.1, 0.15) is 19.3 Å². The Bertz CT molecular complexity index is 460. The van der Waals surface area contributed by atoms with Gasteiger partial charge in [-0.05, 0) is 36.5 Å². The van der Waals surface area contributed by atoms with E-state index in [1.807, 2.05) is 12.1 Å². The van der Waals surface area contributed by atoms with Crippen LogP contribution < -0.4 is 5.73 Å². The molecule has 0 atom stereocenters. The minimum absolute atomic E-state index is 0.104. The fraction of sp³-hybridized carbons (Fsp3) is 0.462. The zero-order valence-corrected chi connectivity index (χ0v) is 11.8. The number of hydrogen-bond donors (Lipinski definition) is 1. The first-order chi connectivity index (χ1) is 8.54. The lowest BCUT2D eigenvalue weighted by Crippen LogP contribution is -2.13. The SMILES string of the molecule is COC(=O)CC1(CSc2cc(Cl)ccc2N)CC1. The largest absolute Gasteiger partial charge is 0.469 e. The maximum atomic E-state index is 11.3. The third kappa shape index (κ3) is 3.33. The number of anilines is 1. The molecule has 2 N–H and O–H groups in total. The summed E-state index contributed by atoms with van der Waals surface area (Å²) < 4.78 is 4.73. The summed E-state index contributed by atoms with van der Waals surface area (Å²) in [7, 11) is 1.43. The molecule has 0 aromatic heterocycles. The minimum atomic E-state index is -0.132. The molecule has 0 heterocycles. The summed E-state index contributed by atoms with van der Waals surface area (Å²) in [6.45, 7) is 0. The topological polar surface area (TPSA) is 52.3 Å². The van der Waals surface area contributed by atoms with Gasteiger partial charge in [-0.25, -0.2) is 0 Å². The highest BCUT2D eigenvalue weighted by atomic mass is 35.5. The summed E-state index contributed by atoms with van der Waals surface area (Å²) in [4.78, 5) is 12.3. The van der Waals surface area contributed by atoms with Crippen molar-refractivity contribution in [1.29, 1.82) is 0 Å². The molecule has 0 radical (unpaired) electrons. The molecule has 2 rings (SSSR count). The average Bonchev–Trinajstić information content (AvgIpc) is 3.10. The molecule has 0 amide bonds. The van der Waals surface area contributed by atoms with Crippen LogP contribution in [0.2, 0.25) is 5.02 Å². The highest BCUT2D eigenvalue weighted by Crippen LogP contribution is 2.52. The van der Waals surface area contributed by atoms with Crippen molar-refractivity contribution in [2.75, 3.05) is 18.6 Å². The molecule has 3 nitrogen and oxygen atoms in total. The number of nitrogen functional groups attached to an aromatic ring is 1. The molecule has 1 aliphatic carbocycles. The first kappa shape index (κ1) is 13.6. The van der Waals surface area contributed by atoms with E-state index < -0.39 is 0 Å². The summed E-state index contributed by atoms with van der Waals surface area (Å²) in [6.07, 6.45) is 2.65. The first-order valence-corrected chi connectivity index (χ1v) is 7.16. The van der Waals surface area contributed by atoms with Gasteiger partial charge in [0.1, 0.15) is 0 Å². The molecule has 1 fully saturated rings. The smallest absolute Gasteiger partial charge is 0.306 e. The van der Waals surface area contributed by atoms with Crippen LogP contribution in [0.4, 0.5) is 5.69 Å². The number of hydrogen-bond acceptors (Lipinski definition) is 4. The first-order valence-electron chi connectivity index (χ1n) is 5.79. The van der Waals surface area contributed by atoms with Crippen LogP contribution in [0, 0.1) is 5.41 Å². The van der Waals surface area contributed by atoms with Crippen molar-refractivity contribution in [3.63, 3.8) is 0 Å². The Labute approximate surface area is 116 Å². The van der Waals surface area contributed by atoms with Gasteiger partial charge in [-0.3, -0.25) is 4.79 Å². The van der Waals surface area contributed by atoms with E-state index in [4.69, 9.17) is 22.1 Å². The number of esters is 1. The number of ether oxygens (including phenoxy) is 1. The molecule has 5 heteroatoms. The minimum Gasteiger partial charge on any atom is -0.469 e. The van der Waals surface area contributed by atoms with Gasteiger partial charge in [0.05, 0.1) is 13.5 Å². The van der Waals surface area contributed by atoms with Gasteiger partial charge in [-0.1, -0.05) is 11.6 Å². The van der Waals surface area contributed by atoms with Crippen LogP contribution in [0.3, 0.4) is 0 Å². The van der Waals surface area contributed by atoms with Gasteiger partial charge in [0.25, 0.3) is 0 Å². The van der Waals surface area contributed by atoms with Crippen molar-refractivity contribution in [2.45, 2.75) is 24.2 Å². The van der Waals surface area contributed by atoms with E-state index in [2.05, 4.69) is 0 Å². The Morgan fingerprint density at radius 2 is 2.28 bits per heavy atom. The Morgan fingerprint density at radius 1 is 1.56 bits per heavy atom.